The molecule has 0 saturated carbocycles. The van der Waals surface area contributed by atoms with Crippen LogP contribution in [-0.2, 0) is 9.53 Å². The summed E-state index contributed by atoms with van der Waals surface area (Å²) in [5.74, 6) is -0.772. The summed E-state index contributed by atoms with van der Waals surface area (Å²) in [7, 11) is 1.66. The van der Waals surface area contributed by atoms with E-state index in [1.165, 1.54) is 4.90 Å². The molecule has 2 aromatic rings. The Morgan fingerprint density at radius 3 is 2.43 bits per heavy atom. The number of anilines is 1. The highest BCUT2D eigenvalue weighted by Crippen LogP contribution is 2.14. The van der Waals surface area contributed by atoms with E-state index in [1.807, 2.05) is 37.3 Å². The van der Waals surface area contributed by atoms with Crippen molar-refractivity contribution in [2.24, 2.45) is 0 Å². The van der Waals surface area contributed by atoms with E-state index in [9.17, 15) is 9.59 Å². The van der Waals surface area contributed by atoms with Crippen LogP contribution in [0.3, 0.4) is 0 Å². The van der Waals surface area contributed by atoms with Crippen molar-refractivity contribution in [2.75, 3.05) is 18.6 Å². The predicted molar refractivity (Wildman–Crippen MR) is 81.3 cm³/mol. The van der Waals surface area contributed by atoms with Crippen LogP contribution in [0.4, 0.5) is 5.69 Å². The first-order valence-corrected chi connectivity index (χ1v) is 6.63. The molecule has 0 aliphatic heterocycles. The fourth-order valence-corrected chi connectivity index (χ4v) is 1.86. The summed E-state index contributed by atoms with van der Waals surface area (Å²) < 4.78 is 5.03. The number of hydrogen-bond acceptors (Lipinski definition) is 3. The minimum atomic E-state index is -0.499. The molecular weight excluding hydrogens is 266 g/mol. The summed E-state index contributed by atoms with van der Waals surface area (Å²) >= 11 is 0. The normalized spacial score (nSPS) is 10.0. The average molecular weight is 283 g/mol. The van der Waals surface area contributed by atoms with Crippen LogP contribution in [0.5, 0.6) is 0 Å². The van der Waals surface area contributed by atoms with E-state index in [0.29, 0.717) is 5.56 Å². The number of likely N-dealkylation sites (N-methyl/N-ethyl adjacent to an activating group) is 1. The third kappa shape index (κ3) is 3.92. The summed E-state index contributed by atoms with van der Waals surface area (Å²) in [6.07, 6.45) is 0. The van der Waals surface area contributed by atoms with Gasteiger partial charge in [0, 0.05) is 12.7 Å². The van der Waals surface area contributed by atoms with Crippen LogP contribution >= 0.6 is 0 Å². The van der Waals surface area contributed by atoms with Gasteiger partial charge in [-0.15, -0.1) is 0 Å². The maximum Gasteiger partial charge on any atom is 0.338 e. The van der Waals surface area contributed by atoms with Gasteiger partial charge in [0.05, 0.1) is 5.56 Å². The van der Waals surface area contributed by atoms with Gasteiger partial charge in [0.1, 0.15) is 0 Å². The number of benzene rings is 2. The molecule has 0 atom stereocenters. The Labute approximate surface area is 124 Å². The molecule has 0 heterocycles. The largest absolute Gasteiger partial charge is 0.452 e. The number of carbonyl (C=O) groups excluding carboxylic acids is 2. The van der Waals surface area contributed by atoms with E-state index >= 15 is 0 Å². The first-order valence-electron chi connectivity index (χ1n) is 6.63. The van der Waals surface area contributed by atoms with Crippen molar-refractivity contribution in [1.82, 2.24) is 0 Å². The zero-order valence-corrected chi connectivity index (χ0v) is 12.1. The van der Waals surface area contributed by atoms with Gasteiger partial charge < -0.3 is 9.64 Å². The molecule has 0 aliphatic carbocycles. The van der Waals surface area contributed by atoms with Gasteiger partial charge in [-0.3, -0.25) is 4.79 Å². The number of rotatable bonds is 4. The molecule has 0 fully saturated rings. The number of carbonyl (C=O) groups is 2. The second-order valence-electron chi connectivity index (χ2n) is 4.73. The molecule has 0 saturated heterocycles. The van der Waals surface area contributed by atoms with E-state index < -0.39 is 5.97 Å². The van der Waals surface area contributed by atoms with Crippen LogP contribution in [0, 0.1) is 6.92 Å². The predicted octanol–water partition coefficient (Wildman–Crippen LogP) is 2.81. The zero-order chi connectivity index (χ0) is 15.2. The van der Waals surface area contributed by atoms with Crippen LogP contribution in [0.25, 0.3) is 0 Å². The van der Waals surface area contributed by atoms with Gasteiger partial charge in [-0.2, -0.15) is 0 Å². The topological polar surface area (TPSA) is 46.6 Å². The fourth-order valence-electron chi connectivity index (χ4n) is 1.86. The third-order valence-corrected chi connectivity index (χ3v) is 3.10. The standard InChI is InChI=1S/C17H17NO3/c1-13-7-6-10-15(11-13)18(2)16(19)12-21-17(20)14-8-4-3-5-9-14/h3-11H,12H2,1-2H3. The van der Waals surface area contributed by atoms with Crippen LogP contribution in [0.15, 0.2) is 54.6 Å². The quantitative estimate of drug-likeness (QED) is 0.811. The van der Waals surface area contributed by atoms with Gasteiger partial charge in [-0.05, 0) is 36.8 Å². The molecule has 2 rings (SSSR count). The molecule has 0 N–H and O–H groups in total. The lowest BCUT2D eigenvalue weighted by atomic mass is 10.2. The molecule has 0 aliphatic rings. The smallest absolute Gasteiger partial charge is 0.338 e. The van der Waals surface area contributed by atoms with Gasteiger partial charge in [0.25, 0.3) is 5.91 Å². The molecular formula is C17H17NO3. The van der Waals surface area contributed by atoms with Gasteiger partial charge in [-0.1, -0.05) is 30.3 Å². The lowest BCUT2D eigenvalue weighted by molar-refractivity contribution is -0.121. The number of ether oxygens (including phenoxy) is 1. The lowest BCUT2D eigenvalue weighted by Gasteiger charge is -2.17. The third-order valence-electron chi connectivity index (χ3n) is 3.10. The molecule has 0 radical (unpaired) electrons. The van der Waals surface area contributed by atoms with E-state index in [-0.39, 0.29) is 12.5 Å². The number of nitrogens with zero attached hydrogens (tertiary/aromatic N) is 1. The molecule has 1 amide bonds. The maximum absolute atomic E-state index is 12.0. The fraction of sp³-hybridized carbons (Fsp3) is 0.176. The van der Waals surface area contributed by atoms with Crippen molar-refractivity contribution in [1.29, 1.82) is 0 Å². The highest BCUT2D eigenvalue weighted by atomic mass is 16.5. The zero-order valence-electron chi connectivity index (χ0n) is 12.1. The van der Waals surface area contributed by atoms with E-state index in [1.54, 1.807) is 31.3 Å². The highest BCUT2D eigenvalue weighted by Gasteiger charge is 2.14. The molecule has 0 spiro atoms. The van der Waals surface area contributed by atoms with Gasteiger partial charge in [0.2, 0.25) is 0 Å². The van der Waals surface area contributed by atoms with Crippen molar-refractivity contribution in [2.45, 2.75) is 6.92 Å². The monoisotopic (exact) mass is 283 g/mol. The van der Waals surface area contributed by atoms with E-state index in [0.717, 1.165) is 11.3 Å². The first kappa shape index (κ1) is 14.8. The van der Waals surface area contributed by atoms with E-state index in [2.05, 4.69) is 0 Å². The van der Waals surface area contributed by atoms with Crippen molar-refractivity contribution in [3.05, 3.63) is 65.7 Å². The Hall–Kier alpha value is -2.62. The molecule has 21 heavy (non-hydrogen) atoms. The average Bonchev–Trinajstić information content (AvgIpc) is 2.52. The second kappa shape index (κ2) is 6.70. The molecule has 4 nitrogen and oxygen atoms in total. The summed E-state index contributed by atoms with van der Waals surface area (Å²) in [6, 6.07) is 16.2. The molecule has 0 bridgehead atoms. The van der Waals surface area contributed by atoms with Crippen LogP contribution in [0.1, 0.15) is 15.9 Å². The van der Waals surface area contributed by atoms with E-state index in [4.69, 9.17) is 4.74 Å². The maximum atomic E-state index is 12.0. The first-order chi connectivity index (χ1) is 10.1. The SMILES string of the molecule is Cc1cccc(N(C)C(=O)COC(=O)c2ccccc2)c1. The second-order valence-corrected chi connectivity index (χ2v) is 4.73. The summed E-state index contributed by atoms with van der Waals surface area (Å²) in [5, 5.41) is 0. The number of esters is 1. The number of aryl methyl sites for hydroxylation is 1. The number of hydrogen-bond donors (Lipinski definition) is 0. The van der Waals surface area contributed by atoms with Gasteiger partial charge >= 0.3 is 5.97 Å². The molecule has 2 aromatic carbocycles. The molecule has 0 unspecified atom stereocenters. The van der Waals surface area contributed by atoms with Crippen LogP contribution < -0.4 is 4.90 Å². The molecule has 4 heteroatoms. The Morgan fingerprint density at radius 1 is 1.05 bits per heavy atom. The summed E-state index contributed by atoms with van der Waals surface area (Å²) in [5.41, 5.74) is 2.27. The van der Waals surface area contributed by atoms with Crippen molar-refractivity contribution in [3.63, 3.8) is 0 Å². The molecule has 108 valence electrons. The molecule has 0 aromatic heterocycles. The summed E-state index contributed by atoms with van der Waals surface area (Å²) in [6.45, 7) is 1.68. The Balaban J connectivity index is 1.94. The number of amides is 1. The minimum absolute atomic E-state index is 0.273. The van der Waals surface area contributed by atoms with Crippen LogP contribution in [-0.4, -0.2) is 25.5 Å². The lowest BCUT2D eigenvalue weighted by Crippen LogP contribution is -2.31. The van der Waals surface area contributed by atoms with Crippen molar-refractivity contribution < 1.29 is 14.3 Å². The van der Waals surface area contributed by atoms with Crippen LogP contribution in [0.2, 0.25) is 0 Å². The van der Waals surface area contributed by atoms with Gasteiger partial charge in [-0.25, -0.2) is 4.79 Å². The van der Waals surface area contributed by atoms with Crippen molar-refractivity contribution >= 4 is 17.6 Å². The Bertz CT molecular complexity index is 637. The van der Waals surface area contributed by atoms with Crippen molar-refractivity contribution in [3.8, 4) is 0 Å². The summed E-state index contributed by atoms with van der Waals surface area (Å²) in [4.78, 5) is 25.3. The Morgan fingerprint density at radius 2 is 1.76 bits per heavy atom. The van der Waals surface area contributed by atoms with Gasteiger partial charge in [0.15, 0.2) is 6.61 Å². The minimum Gasteiger partial charge on any atom is -0.452 e. The highest BCUT2D eigenvalue weighted by molar-refractivity contribution is 5.96. The Kier molecular flexibility index (Phi) is 4.72.